The number of hydrogen-bond donors (Lipinski definition) is 2. The van der Waals surface area contributed by atoms with Crippen LogP contribution < -0.4 is 11.3 Å². The van der Waals surface area contributed by atoms with E-state index in [4.69, 9.17) is 5.84 Å². The molecule has 0 bridgehead atoms. The molecule has 0 saturated carbocycles. The molecule has 0 aliphatic rings. The lowest BCUT2D eigenvalue weighted by atomic mass is 10.0. The first kappa shape index (κ1) is 16.1. The monoisotopic (exact) mass is 358 g/mol. The fraction of sp³-hybridized carbons (Fsp3) is 0.357. The van der Waals surface area contributed by atoms with Crippen molar-refractivity contribution < 1.29 is 8.78 Å². The second-order valence-electron chi connectivity index (χ2n) is 4.80. The van der Waals surface area contributed by atoms with Crippen molar-refractivity contribution in [2.75, 3.05) is 0 Å². The largest absolute Gasteiger partial charge is 0.271 e. The van der Waals surface area contributed by atoms with Crippen molar-refractivity contribution in [1.29, 1.82) is 0 Å². The molecule has 1 aromatic carbocycles. The Morgan fingerprint density at radius 2 is 1.95 bits per heavy atom. The molecule has 114 valence electrons. The SMILES string of the molecule is CCn1nc(C)cc1CC(NN)c1c(F)cc(Br)cc1F. The van der Waals surface area contributed by atoms with E-state index in [1.165, 1.54) is 12.1 Å². The number of benzene rings is 1. The highest BCUT2D eigenvalue weighted by Gasteiger charge is 2.22. The van der Waals surface area contributed by atoms with Gasteiger partial charge in [0.1, 0.15) is 11.6 Å². The predicted octanol–water partition coefficient (Wildman–Crippen LogP) is 3.00. The lowest BCUT2D eigenvalue weighted by Crippen LogP contribution is -2.31. The van der Waals surface area contributed by atoms with Crippen molar-refractivity contribution in [2.45, 2.75) is 32.9 Å². The number of nitrogens with zero attached hydrogens (tertiary/aromatic N) is 2. The van der Waals surface area contributed by atoms with Crippen molar-refractivity contribution in [3.05, 3.63) is 51.3 Å². The van der Waals surface area contributed by atoms with Gasteiger partial charge in [-0.3, -0.25) is 16.0 Å². The third-order valence-electron chi connectivity index (χ3n) is 3.29. The summed E-state index contributed by atoms with van der Waals surface area (Å²) in [7, 11) is 0. The van der Waals surface area contributed by atoms with Crippen LogP contribution in [0.25, 0.3) is 0 Å². The summed E-state index contributed by atoms with van der Waals surface area (Å²) in [5, 5.41) is 4.32. The first-order valence-electron chi connectivity index (χ1n) is 6.60. The number of halogens is 3. The van der Waals surface area contributed by atoms with E-state index in [0.717, 1.165) is 11.4 Å². The zero-order valence-electron chi connectivity index (χ0n) is 11.8. The van der Waals surface area contributed by atoms with Gasteiger partial charge < -0.3 is 0 Å². The van der Waals surface area contributed by atoms with Crippen molar-refractivity contribution in [3.63, 3.8) is 0 Å². The third kappa shape index (κ3) is 3.48. The Bertz CT molecular complexity index is 619. The van der Waals surface area contributed by atoms with Gasteiger partial charge in [-0.1, -0.05) is 15.9 Å². The van der Waals surface area contributed by atoms with Crippen LogP contribution in [-0.4, -0.2) is 9.78 Å². The van der Waals surface area contributed by atoms with Crippen LogP contribution in [-0.2, 0) is 13.0 Å². The van der Waals surface area contributed by atoms with Crippen LogP contribution in [0.2, 0.25) is 0 Å². The van der Waals surface area contributed by atoms with Gasteiger partial charge in [0.2, 0.25) is 0 Å². The normalized spacial score (nSPS) is 12.7. The smallest absolute Gasteiger partial charge is 0.132 e. The van der Waals surface area contributed by atoms with Crippen molar-refractivity contribution in [2.24, 2.45) is 5.84 Å². The Balaban J connectivity index is 2.36. The van der Waals surface area contributed by atoms with Crippen LogP contribution in [0.3, 0.4) is 0 Å². The summed E-state index contributed by atoms with van der Waals surface area (Å²) in [5.74, 6) is 4.23. The molecule has 1 atom stereocenters. The maximum absolute atomic E-state index is 14.1. The Morgan fingerprint density at radius 1 is 1.33 bits per heavy atom. The number of nitrogens with one attached hydrogen (secondary N) is 1. The lowest BCUT2D eigenvalue weighted by molar-refractivity contribution is 0.459. The summed E-state index contributed by atoms with van der Waals surface area (Å²) in [6, 6.07) is 3.68. The molecule has 7 heteroatoms. The van der Waals surface area contributed by atoms with Gasteiger partial charge in [0, 0.05) is 28.7 Å². The minimum Gasteiger partial charge on any atom is -0.271 e. The maximum atomic E-state index is 14.1. The van der Waals surface area contributed by atoms with Gasteiger partial charge in [0.05, 0.1) is 11.7 Å². The van der Waals surface area contributed by atoms with E-state index >= 15 is 0 Å². The fourth-order valence-corrected chi connectivity index (χ4v) is 2.78. The fourth-order valence-electron chi connectivity index (χ4n) is 2.38. The van der Waals surface area contributed by atoms with Gasteiger partial charge in [0.25, 0.3) is 0 Å². The van der Waals surface area contributed by atoms with E-state index in [0.29, 0.717) is 17.4 Å². The van der Waals surface area contributed by atoms with Gasteiger partial charge in [-0.05, 0) is 32.0 Å². The van der Waals surface area contributed by atoms with Crippen LogP contribution in [0, 0.1) is 18.6 Å². The molecular weight excluding hydrogens is 342 g/mol. The van der Waals surface area contributed by atoms with Crippen LogP contribution in [0.15, 0.2) is 22.7 Å². The van der Waals surface area contributed by atoms with Crippen LogP contribution >= 0.6 is 15.9 Å². The Morgan fingerprint density at radius 3 is 2.48 bits per heavy atom. The molecule has 0 fully saturated rings. The summed E-state index contributed by atoms with van der Waals surface area (Å²) in [4.78, 5) is 0. The second-order valence-corrected chi connectivity index (χ2v) is 5.71. The molecule has 2 rings (SSSR count). The van der Waals surface area contributed by atoms with Crippen LogP contribution in [0.5, 0.6) is 0 Å². The summed E-state index contributed by atoms with van der Waals surface area (Å²) in [5.41, 5.74) is 4.16. The summed E-state index contributed by atoms with van der Waals surface area (Å²) >= 11 is 3.07. The number of rotatable bonds is 5. The Labute approximate surface area is 130 Å². The number of hydrazine groups is 1. The quantitative estimate of drug-likeness (QED) is 0.638. The third-order valence-corrected chi connectivity index (χ3v) is 3.75. The number of nitrogens with two attached hydrogens (primary N) is 1. The molecule has 4 nitrogen and oxygen atoms in total. The lowest BCUT2D eigenvalue weighted by Gasteiger charge is -2.18. The molecule has 1 unspecified atom stereocenters. The topological polar surface area (TPSA) is 55.9 Å². The predicted molar refractivity (Wildman–Crippen MR) is 80.5 cm³/mol. The van der Waals surface area contributed by atoms with Crippen molar-refractivity contribution in [1.82, 2.24) is 15.2 Å². The number of aromatic nitrogens is 2. The summed E-state index contributed by atoms with van der Waals surface area (Å²) in [6.07, 6.45) is 0.348. The highest BCUT2D eigenvalue weighted by Crippen LogP contribution is 2.27. The van der Waals surface area contributed by atoms with Crippen LogP contribution in [0.4, 0.5) is 8.78 Å². The standard InChI is InChI=1S/C14H17BrF2N4/c1-3-21-10(4-8(2)20-21)7-13(19-18)14-11(16)5-9(15)6-12(14)17/h4-6,13,19H,3,7,18H2,1-2H3. The van der Waals surface area contributed by atoms with E-state index in [1.54, 1.807) is 4.68 Å². The zero-order valence-corrected chi connectivity index (χ0v) is 13.4. The molecule has 0 saturated heterocycles. The molecule has 1 aromatic heterocycles. The van der Waals surface area contributed by atoms with Crippen molar-refractivity contribution in [3.8, 4) is 0 Å². The molecular formula is C14H17BrF2N4. The minimum absolute atomic E-state index is 0.0674. The molecule has 21 heavy (non-hydrogen) atoms. The van der Waals surface area contributed by atoms with Gasteiger partial charge >= 0.3 is 0 Å². The van der Waals surface area contributed by atoms with Crippen LogP contribution in [0.1, 0.15) is 29.9 Å². The van der Waals surface area contributed by atoms with Gasteiger partial charge in [-0.15, -0.1) is 0 Å². The highest BCUT2D eigenvalue weighted by molar-refractivity contribution is 9.10. The summed E-state index contributed by atoms with van der Waals surface area (Å²) in [6.45, 7) is 4.52. The van der Waals surface area contributed by atoms with E-state index in [-0.39, 0.29) is 5.56 Å². The molecule has 0 aliphatic carbocycles. The van der Waals surface area contributed by atoms with Gasteiger partial charge in [0.15, 0.2) is 0 Å². The van der Waals surface area contributed by atoms with E-state index < -0.39 is 17.7 Å². The maximum Gasteiger partial charge on any atom is 0.132 e. The molecule has 3 N–H and O–H groups in total. The minimum atomic E-state index is -0.667. The molecule has 0 amide bonds. The number of aryl methyl sites for hydroxylation is 2. The highest BCUT2D eigenvalue weighted by atomic mass is 79.9. The molecule has 0 spiro atoms. The van der Waals surface area contributed by atoms with E-state index in [2.05, 4.69) is 26.5 Å². The number of hydrogen-bond acceptors (Lipinski definition) is 3. The molecule has 1 heterocycles. The van der Waals surface area contributed by atoms with Gasteiger partial charge in [-0.25, -0.2) is 8.78 Å². The first-order valence-corrected chi connectivity index (χ1v) is 7.39. The van der Waals surface area contributed by atoms with E-state index in [9.17, 15) is 8.78 Å². The average molecular weight is 359 g/mol. The molecule has 2 aromatic rings. The Kier molecular flexibility index (Phi) is 5.08. The second kappa shape index (κ2) is 6.64. The molecule has 0 radical (unpaired) electrons. The molecule has 0 aliphatic heterocycles. The van der Waals surface area contributed by atoms with E-state index in [1.807, 2.05) is 19.9 Å². The Hall–Kier alpha value is -1.31. The van der Waals surface area contributed by atoms with Crippen molar-refractivity contribution >= 4 is 15.9 Å². The average Bonchev–Trinajstić information content (AvgIpc) is 2.76. The summed E-state index contributed by atoms with van der Waals surface area (Å²) < 4.78 is 30.3. The zero-order chi connectivity index (χ0) is 15.6. The van der Waals surface area contributed by atoms with Gasteiger partial charge in [-0.2, -0.15) is 5.10 Å². The first-order chi connectivity index (χ1) is 9.96.